The summed E-state index contributed by atoms with van der Waals surface area (Å²) in [7, 11) is 0. The van der Waals surface area contributed by atoms with E-state index in [0.717, 1.165) is 34.3 Å². The minimum Gasteiger partial charge on any atom is -0.458 e. The Morgan fingerprint density at radius 3 is 3.12 bits per heavy atom. The molecule has 3 rings (SSSR count). The summed E-state index contributed by atoms with van der Waals surface area (Å²) in [4.78, 5) is 4.26. The van der Waals surface area contributed by atoms with Crippen LogP contribution in [0, 0.1) is 0 Å². The zero-order valence-corrected chi connectivity index (χ0v) is 10.8. The van der Waals surface area contributed by atoms with Gasteiger partial charge in [-0.15, -0.1) is 0 Å². The maximum Gasteiger partial charge on any atom is 0.154 e. The summed E-state index contributed by atoms with van der Waals surface area (Å²) < 4.78 is 6.54. The summed E-state index contributed by atoms with van der Waals surface area (Å²) in [6.45, 7) is 1.06. The van der Waals surface area contributed by atoms with Gasteiger partial charge in [-0.3, -0.25) is 0 Å². The van der Waals surface area contributed by atoms with Crippen molar-refractivity contribution in [2.45, 2.75) is 18.9 Å². The van der Waals surface area contributed by atoms with E-state index in [2.05, 4.69) is 26.2 Å². The third-order valence-corrected chi connectivity index (χ3v) is 3.96. The summed E-state index contributed by atoms with van der Waals surface area (Å²) >= 11 is 9.28. The predicted octanol–water partition coefficient (Wildman–Crippen LogP) is 3.67. The molecule has 1 atom stereocenters. The van der Waals surface area contributed by atoms with Crippen LogP contribution in [0.5, 0.6) is 0 Å². The highest BCUT2D eigenvalue weighted by atomic mass is 79.9. The lowest BCUT2D eigenvalue weighted by Gasteiger charge is -2.04. The van der Waals surface area contributed by atoms with Crippen molar-refractivity contribution >= 4 is 38.6 Å². The van der Waals surface area contributed by atoms with Crippen LogP contribution in [0.1, 0.15) is 24.6 Å². The molecule has 84 valence electrons. The summed E-state index contributed by atoms with van der Waals surface area (Å²) in [5.74, 6) is 0.953. The molecule has 16 heavy (non-hydrogen) atoms. The van der Waals surface area contributed by atoms with Crippen molar-refractivity contribution in [3.8, 4) is 0 Å². The van der Waals surface area contributed by atoms with E-state index >= 15 is 0 Å². The molecule has 3 heterocycles. The zero-order chi connectivity index (χ0) is 11.1. The number of nitrogens with zero attached hydrogens (tertiary/aromatic N) is 1. The number of aromatic nitrogens is 1. The van der Waals surface area contributed by atoms with Gasteiger partial charge in [0.05, 0.1) is 10.5 Å². The van der Waals surface area contributed by atoms with Crippen molar-refractivity contribution in [3.63, 3.8) is 0 Å². The fourth-order valence-corrected chi connectivity index (χ4v) is 2.48. The molecule has 2 aromatic heterocycles. The van der Waals surface area contributed by atoms with Gasteiger partial charge in [0.1, 0.15) is 16.4 Å². The molecule has 1 aliphatic rings. The lowest BCUT2D eigenvalue weighted by Crippen LogP contribution is -2.11. The zero-order valence-electron chi connectivity index (χ0n) is 8.46. The van der Waals surface area contributed by atoms with E-state index in [1.807, 2.05) is 12.1 Å². The second-order valence-corrected chi connectivity index (χ2v) is 5.15. The average molecular weight is 302 g/mol. The van der Waals surface area contributed by atoms with Crippen LogP contribution in [0.2, 0.25) is 5.15 Å². The van der Waals surface area contributed by atoms with Crippen molar-refractivity contribution < 1.29 is 4.42 Å². The fraction of sp³-hybridized carbons (Fsp3) is 0.364. The van der Waals surface area contributed by atoms with Crippen LogP contribution in [0.15, 0.2) is 21.0 Å². The second-order valence-electron chi connectivity index (χ2n) is 3.94. The highest BCUT2D eigenvalue weighted by Crippen LogP contribution is 2.31. The Balaban J connectivity index is 2.08. The first kappa shape index (κ1) is 10.6. The molecule has 0 aliphatic carbocycles. The van der Waals surface area contributed by atoms with E-state index in [-0.39, 0.29) is 0 Å². The molecule has 0 amide bonds. The predicted molar refractivity (Wildman–Crippen MR) is 66.7 cm³/mol. The number of hydrogen-bond donors (Lipinski definition) is 1. The summed E-state index contributed by atoms with van der Waals surface area (Å²) in [6.07, 6.45) is 2.31. The van der Waals surface area contributed by atoms with Gasteiger partial charge < -0.3 is 9.73 Å². The first-order valence-electron chi connectivity index (χ1n) is 5.23. The molecule has 1 saturated heterocycles. The smallest absolute Gasteiger partial charge is 0.154 e. The van der Waals surface area contributed by atoms with Gasteiger partial charge >= 0.3 is 0 Å². The van der Waals surface area contributed by atoms with Gasteiger partial charge in [-0.05, 0) is 35.3 Å². The molecule has 1 N–H and O–H groups in total. The van der Waals surface area contributed by atoms with Crippen molar-refractivity contribution in [1.29, 1.82) is 0 Å². The topological polar surface area (TPSA) is 38.1 Å². The highest BCUT2D eigenvalue weighted by molar-refractivity contribution is 9.10. The van der Waals surface area contributed by atoms with Crippen LogP contribution in [-0.2, 0) is 0 Å². The van der Waals surface area contributed by atoms with Crippen molar-refractivity contribution in [2.24, 2.45) is 0 Å². The van der Waals surface area contributed by atoms with Crippen LogP contribution in [0.3, 0.4) is 0 Å². The molecule has 3 nitrogen and oxygen atoms in total. The van der Waals surface area contributed by atoms with Gasteiger partial charge in [0.25, 0.3) is 0 Å². The molecule has 5 heteroatoms. The SMILES string of the molecule is Clc1nc2cc(C3CCCN3)oc2cc1Br. The van der Waals surface area contributed by atoms with Crippen LogP contribution < -0.4 is 5.32 Å². The second kappa shape index (κ2) is 4.02. The maximum atomic E-state index is 5.94. The quantitative estimate of drug-likeness (QED) is 0.817. The van der Waals surface area contributed by atoms with E-state index in [1.165, 1.54) is 6.42 Å². The number of halogens is 2. The molecule has 1 unspecified atom stereocenters. The first-order chi connectivity index (χ1) is 7.74. The number of nitrogens with one attached hydrogen (secondary N) is 1. The van der Waals surface area contributed by atoms with Crippen molar-refractivity contribution in [1.82, 2.24) is 10.3 Å². The number of furan rings is 1. The summed E-state index contributed by atoms with van der Waals surface area (Å²) in [5.41, 5.74) is 1.59. The Kier molecular flexibility index (Phi) is 2.65. The number of rotatable bonds is 1. The molecular formula is C11H10BrClN2O. The third-order valence-electron chi connectivity index (χ3n) is 2.84. The van der Waals surface area contributed by atoms with Crippen LogP contribution in [0.4, 0.5) is 0 Å². The van der Waals surface area contributed by atoms with E-state index in [4.69, 9.17) is 16.0 Å². The van der Waals surface area contributed by atoms with Gasteiger partial charge in [0.15, 0.2) is 5.58 Å². The largest absolute Gasteiger partial charge is 0.458 e. The maximum absolute atomic E-state index is 5.94. The van der Waals surface area contributed by atoms with E-state index < -0.39 is 0 Å². The highest BCUT2D eigenvalue weighted by Gasteiger charge is 2.20. The first-order valence-corrected chi connectivity index (χ1v) is 6.40. The summed E-state index contributed by atoms with van der Waals surface area (Å²) in [5, 5.41) is 3.87. The Labute approximate surface area is 106 Å². The van der Waals surface area contributed by atoms with Crippen LogP contribution in [-0.4, -0.2) is 11.5 Å². The van der Waals surface area contributed by atoms with E-state index in [9.17, 15) is 0 Å². The summed E-state index contributed by atoms with van der Waals surface area (Å²) in [6, 6.07) is 4.16. The Morgan fingerprint density at radius 2 is 2.38 bits per heavy atom. The van der Waals surface area contributed by atoms with E-state index in [1.54, 1.807) is 0 Å². The Morgan fingerprint density at radius 1 is 1.50 bits per heavy atom. The number of fused-ring (bicyclic) bond motifs is 1. The molecule has 0 bridgehead atoms. The van der Waals surface area contributed by atoms with Crippen LogP contribution >= 0.6 is 27.5 Å². The molecule has 1 aliphatic heterocycles. The normalized spacial score (nSPS) is 20.8. The molecule has 1 fully saturated rings. The lowest BCUT2D eigenvalue weighted by atomic mass is 10.2. The van der Waals surface area contributed by atoms with E-state index in [0.29, 0.717) is 11.2 Å². The molecule has 0 saturated carbocycles. The van der Waals surface area contributed by atoms with Crippen LogP contribution in [0.25, 0.3) is 11.1 Å². The molecule has 2 aromatic rings. The lowest BCUT2D eigenvalue weighted by molar-refractivity contribution is 0.470. The standard InChI is InChI=1S/C11H10BrClN2O/c12-6-4-9-8(15-11(6)13)5-10(16-9)7-2-1-3-14-7/h4-5,7,14H,1-3H2. The van der Waals surface area contributed by atoms with Crippen molar-refractivity contribution in [3.05, 3.63) is 27.5 Å². The van der Waals surface area contributed by atoms with Gasteiger partial charge in [-0.2, -0.15) is 0 Å². The Hall–Kier alpha value is -0.580. The monoisotopic (exact) mass is 300 g/mol. The van der Waals surface area contributed by atoms with Crippen molar-refractivity contribution in [2.75, 3.05) is 6.54 Å². The minimum atomic E-state index is 0.326. The Bertz CT molecular complexity index is 495. The number of pyridine rings is 1. The molecular weight excluding hydrogens is 291 g/mol. The van der Waals surface area contributed by atoms with Gasteiger partial charge in [-0.25, -0.2) is 4.98 Å². The molecule has 0 radical (unpaired) electrons. The average Bonchev–Trinajstić information content (AvgIpc) is 2.86. The molecule has 0 aromatic carbocycles. The van der Waals surface area contributed by atoms with Gasteiger partial charge in [-0.1, -0.05) is 11.6 Å². The third kappa shape index (κ3) is 1.75. The van der Waals surface area contributed by atoms with Gasteiger partial charge in [0.2, 0.25) is 0 Å². The molecule has 0 spiro atoms. The fourth-order valence-electron chi connectivity index (χ4n) is 2.04. The minimum absolute atomic E-state index is 0.326. The number of hydrogen-bond acceptors (Lipinski definition) is 3. The van der Waals surface area contributed by atoms with Gasteiger partial charge in [0, 0.05) is 12.1 Å².